The summed E-state index contributed by atoms with van der Waals surface area (Å²) in [4.78, 5) is 8.89. The molecule has 0 heterocycles. The molecule has 42 heavy (non-hydrogen) atoms. The average molecular weight is 559 g/mol. The van der Waals surface area contributed by atoms with Crippen LogP contribution in [-0.4, -0.2) is 52.1 Å². The highest BCUT2D eigenvalue weighted by Crippen LogP contribution is 2.19. The first kappa shape index (κ1) is 29.7. The van der Waals surface area contributed by atoms with Crippen molar-refractivity contribution in [1.82, 2.24) is 0 Å². The van der Waals surface area contributed by atoms with Crippen LogP contribution < -0.4 is 9.47 Å². The van der Waals surface area contributed by atoms with Gasteiger partial charge < -0.3 is 18.9 Å². The van der Waals surface area contributed by atoms with E-state index < -0.39 is 0 Å². The lowest BCUT2D eigenvalue weighted by Crippen LogP contribution is -2.13. The third kappa shape index (κ3) is 10.4. The van der Waals surface area contributed by atoms with Gasteiger partial charge in [-0.05, 0) is 83.9 Å². The van der Waals surface area contributed by atoms with E-state index in [4.69, 9.17) is 29.5 Å². The molecular weight excluding hydrogens is 528 g/mol. The topological polar surface area (TPSA) is 109 Å². The van der Waals surface area contributed by atoms with Crippen LogP contribution in [0.4, 0.5) is 11.4 Å². The number of nitriles is 2. The molecule has 4 rings (SSSR count). The van der Waals surface area contributed by atoms with Crippen LogP contribution in [0.25, 0.3) is 0 Å². The van der Waals surface area contributed by atoms with Crippen LogP contribution in [0, 0.1) is 22.7 Å². The van der Waals surface area contributed by atoms with E-state index in [0.717, 1.165) is 34.0 Å². The predicted octanol–water partition coefficient (Wildman–Crippen LogP) is 6.42. The van der Waals surface area contributed by atoms with Crippen molar-refractivity contribution >= 4 is 23.8 Å². The molecule has 8 nitrogen and oxygen atoms in total. The molecule has 0 atom stereocenters. The van der Waals surface area contributed by atoms with E-state index in [1.807, 2.05) is 72.8 Å². The summed E-state index contributed by atoms with van der Waals surface area (Å²) in [7, 11) is 0. The van der Waals surface area contributed by atoms with Gasteiger partial charge in [0.15, 0.2) is 0 Å². The molecule has 0 aliphatic rings. The van der Waals surface area contributed by atoms with Crippen LogP contribution in [0.2, 0.25) is 0 Å². The smallest absolute Gasteiger partial charge is 0.119 e. The van der Waals surface area contributed by atoms with Crippen molar-refractivity contribution in [2.75, 3.05) is 39.6 Å². The lowest BCUT2D eigenvalue weighted by molar-refractivity contribution is 0.0273. The number of aliphatic imine (C=N–C) groups is 2. The second-order valence-corrected chi connectivity index (χ2v) is 8.89. The third-order valence-electron chi connectivity index (χ3n) is 5.84. The summed E-state index contributed by atoms with van der Waals surface area (Å²) in [6.45, 7) is 2.72. The minimum atomic E-state index is 0.435. The Balaban J connectivity index is 1.02. The molecule has 0 aliphatic carbocycles. The van der Waals surface area contributed by atoms with Crippen molar-refractivity contribution in [3.8, 4) is 23.6 Å². The standard InChI is InChI=1S/C34H30N4O4/c35-23-27-1-5-29(6-2-27)25-37-31-9-13-33(14-10-31)41-21-19-39-17-18-40-20-22-42-34-15-11-32(12-16-34)38-26-30-7-3-28(24-36)4-8-30/h1-16,25-26H,17-22H2. The SMILES string of the molecule is N#Cc1ccc(C=Nc2ccc(OCCOCCOCCOc3ccc(N=Cc4ccc(C#N)cc4)cc3)cc2)cc1. The molecule has 0 radical (unpaired) electrons. The molecule has 0 amide bonds. The second-order valence-electron chi connectivity index (χ2n) is 8.89. The summed E-state index contributed by atoms with van der Waals surface area (Å²) in [6, 6.07) is 33.7. The van der Waals surface area contributed by atoms with Gasteiger partial charge in [-0.15, -0.1) is 0 Å². The first-order valence-electron chi connectivity index (χ1n) is 13.4. The van der Waals surface area contributed by atoms with Crippen molar-refractivity contribution < 1.29 is 18.9 Å². The summed E-state index contributed by atoms with van der Waals surface area (Å²) in [5.74, 6) is 1.49. The zero-order chi connectivity index (χ0) is 29.2. The van der Waals surface area contributed by atoms with Gasteiger partial charge >= 0.3 is 0 Å². The summed E-state index contributed by atoms with van der Waals surface area (Å²) in [6.07, 6.45) is 3.52. The van der Waals surface area contributed by atoms with Gasteiger partial charge in [-0.3, -0.25) is 9.98 Å². The van der Waals surface area contributed by atoms with E-state index in [1.54, 1.807) is 36.7 Å². The predicted molar refractivity (Wildman–Crippen MR) is 162 cm³/mol. The van der Waals surface area contributed by atoms with Crippen molar-refractivity contribution in [2.24, 2.45) is 9.98 Å². The molecule has 0 spiro atoms. The Kier molecular flexibility index (Phi) is 11.8. The molecule has 0 saturated heterocycles. The fourth-order valence-electron chi connectivity index (χ4n) is 3.60. The lowest BCUT2D eigenvalue weighted by Gasteiger charge is -2.09. The summed E-state index contributed by atoms with van der Waals surface area (Å²) in [5, 5.41) is 17.7. The summed E-state index contributed by atoms with van der Waals surface area (Å²) in [5.41, 5.74) is 4.73. The van der Waals surface area contributed by atoms with E-state index in [2.05, 4.69) is 22.1 Å². The van der Waals surface area contributed by atoms with Gasteiger partial charge in [0, 0.05) is 12.4 Å². The van der Waals surface area contributed by atoms with Crippen LogP contribution in [0.1, 0.15) is 22.3 Å². The molecule has 0 aliphatic heterocycles. The normalized spacial score (nSPS) is 10.9. The van der Waals surface area contributed by atoms with Crippen molar-refractivity contribution in [3.63, 3.8) is 0 Å². The molecule has 8 heteroatoms. The van der Waals surface area contributed by atoms with Crippen molar-refractivity contribution in [3.05, 3.63) is 119 Å². The quantitative estimate of drug-likeness (QED) is 0.123. The Hall–Kier alpha value is -5.28. The maximum absolute atomic E-state index is 8.87. The van der Waals surface area contributed by atoms with Crippen LogP contribution in [0.15, 0.2) is 107 Å². The Bertz CT molecular complexity index is 1400. The van der Waals surface area contributed by atoms with Crippen LogP contribution in [-0.2, 0) is 9.47 Å². The van der Waals surface area contributed by atoms with E-state index in [0.29, 0.717) is 50.8 Å². The van der Waals surface area contributed by atoms with Gasteiger partial charge in [0.25, 0.3) is 0 Å². The number of ether oxygens (including phenoxy) is 4. The van der Waals surface area contributed by atoms with Gasteiger partial charge in [0.2, 0.25) is 0 Å². The molecule has 4 aromatic rings. The fourth-order valence-corrected chi connectivity index (χ4v) is 3.60. The minimum Gasteiger partial charge on any atom is -0.491 e. The zero-order valence-corrected chi connectivity index (χ0v) is 23.1. The fraction of sp³-hybridized carbons (Fsp3) is 0.176. The minimum absolute atomic E-state index is 0.435. The average Bonchev–Trinajstić information content (AvgIpc) is 3.05. The molecule has 0 saturated carbocycles. The molecular formula is C34H30N4O4. The summed E-state index contributed by atoms with van der Waals surface area (Å²) >= 11 is 0. The highest BCUT2D eigenvalue weighted by Gasteiger charge is 1.98. The van der Waals surface area contributed by atoms with Gasteiger partial charge in [-0.1, -0.05) is 24.3 Å². The van der Waals surface area contributed by atoms with Gasteiger partial charge in [-0.2, -0.15) is 10.5 Å². The molecule has 0 fully saturated rings. The van der Waals surface area contributed by atoms with E-state index in [1.165, 1.54) is 0 Å². The highest BCUT2D eigenvalue weighted by atomic mass is 16.6. The number of benzene rings is 4. The molecule has 0 unspecified atom stereocenters. The third-order valence-corrected chi connectivity index (χ3v) is 5.84. The number of nitrogens with zero attached hydrogens (tertiary/aromatic N) is 4. The highest BCUT2D eigenvalue weighted by molar-refractivity contribution is 5.82. The molecule has 4 aromatic carbocycles. The molecule has 0 aromatic heterocycles. The Labute approximate surface area is 245 Å². The van der Waals surface area contributed by atoms with Crippen molar-refractivity contribution in [1.29, 1.82) is 10.5 Å². The number of hydrogen-bond donors (Lipinski definition) is 0. The van der Waals surface area contributed by atoms with E-state index in [9.17, 15) is 0 Å². The van der Waals surface area contributed by atoms with Crippen LogP contribution >= 0.6 is 0 Å². The Morgan fingerprint density at radius 1 is 0.476 bits per heavy atom. The molecule has 210 valence electrons. The van der Waals surface area contributed by atoms with Gasteiger partial charge in [0.05, 0.1) is 61.1 Å². The monoisotopic (exact) mass is 558 g/mol. The largest absolute Gasteiger partial charge is 0.491 e. The van der Waals surface area contributed by atoms with Gasteiger partial charge in [-0.25, -0.2) is 0 Å². The van der Waals surface area contributed by atoms with Crippen LogP contribution in [0.5, 0.6) is 11.5 Å². The molecule has 0 N–H and O–H groups in total. The van der Waals surface area contributed by atoms with Crippen molar-refractivity contribution in [2.45, 2.75) is 0 Å². The van der Waals surface area contributed by atoms with E-state index in [-0.39, 0.29) is 0 Å². The first-order chi connectivity index (χ1) is 20.7. The van der Waals surface area contributed by atoms with Crippen LogP contribution in [0.3, 0.4) is 0 Å². The molecule has 0 bridgehead atoms. The van der Waals surface area contributed by atoms with Gasteiger partial charge in [0.1, 0.15) is 24.7 Å². The zero-order valence-electron chi connectivity index (χ0n) is 23.1. The number of hydrogen-bond acceptors (Lipinski definition) is 8. The second kappa shape index (κ2) is 16.7. The van der Waals surface area contributed by atoms with E-state index >= 15 is 0 Å². The Morgan fingerprint density at radius 3 is 1.19 bits per heavy atom. The maximum atomic E-state index is 8.87. The lowest BCUT2D eigenvalue weighted by atomic mass is 10.2. The first-order valence-corrected chi connectivity index (χ1v) is 13.4. The summed E-state index contributed by atoms with van der Waals surface area (Å²) < 4.78 is 22.6. The maximum Gasteiger partial charge on any atom is 0.119 e. The Morgan fingerprint density at radius 2 is 0.833 bits per heavy atom. The number of rotatable bonds is 15.